The first-order valence-corrected chi connectivity index (χ1v) is 9.86. The topological polar surface area (TPSA) is 68.3 Å². The number of carbonyl (C=O) groups is 2. The summed E-state index contributed by atoms with van der Waals surface area (Å²) in [6.45, 7) is 8.50. The molecule has 2 aliphatic heterocycles. The molecule has 1 atom stereocenters. The normalized spacial score (nSPS) is 19.1. The van der Waals surface area contributed by atoms with Crippen LogP contribution in [0.15, 0.2) is 18.2 Å². The Bertz CT molecular complexity index is 728. The van der Waals surface area contributed by atoms with Gasteiger partial charge < -0.3 is 24.0 Å². The summed E-state index contributed by atoms with van der Waals surface area (Å²) in [4.78, 5) is 28.6. The number of rotatable bonds is 3. The van der Waals surface area contributed by atoms with Gasteiger partial charge in [0.05, 0.1) is 0 Å². The average molecular weight is 390 g/mol. The molecule has 1 aromatic rings. The van der Waals surface area contributed by atoms with Gasteiger partial charge in [0.25, 0.3) is 5.91 Å². The minimum absolute atomic E-state index is 0.0124. The van der Waals surface area contributed by atoms with Crippen LogP contribution in [0.2, 0.25) is 0 Å². The van der Waals surface area contributed by atoms with Crippen LogP contribution >= 0.6 is 0 Å². The van der Waals surface area contributed by atoms with Crippen LogP contribution in [0.4, 0.5) is 4.79 Å². The zero-order chi connectivity index (χ0) is 20.3. The lowest BCUT2D eigenvalue weighted by Gasteiger charge is -2.35. The van der Waals surface area contributed by atoms with Gasteiger partial charge >= 0.3 is 6.09 Å². The van der Waals surface area contributed by atoms with Crippen LogP contribution in [0.3, 0.4) is 0 Å². The predicted octanol–water partition coefficient (Wildman–Crippen LogP) is 3.18. The molecule has 1 fully saturated rings. The number of benzene rings is 1. The summed E-state index contributed by atoms with van der Waals surface area (Å²) in [6.07, 6.45) is 1.57. The van der Waals surface area contributed by atoms with Gasteiger partial charge in [-0.1, -0.05) is 0 Å². The Morgan fingerprint density at radius 3 is 2.64 bits per heavy atom. The van der Waals surface area contributed by atoms with Crippen LogP contribution in [0.25, 0.3) is 0 Å². The zero-order valence-corrected chi connectivity index (χ0v) is 17.2. The van der Waals surface area contributed by atoms with Gasteiger partial charge in [-0.05, 0) is 57.7 Å². The van der Waals surface area contributed by atoms with Gasteiger partial charge in [0.1, 0.15) is 18.8 Å². The third kappa shape index (κ3) is 5.09. The van der Waals surface area contributed by atoms with E-state index in [0.717, 1.165) is 19.4 Å². The molecule has 154 valence electrons. The largest absolute Gasteiger partial charge is 0.486 e. The SMILES string of the molecule is CN(CC1CCCN(C(=O)c2ccc3c(c2)OCCO3)C1)C(=O)OC(C)(C)C. The second-order valence-corrected chi connectivity index (χ2v) is 8.48. The molecule has 0 radical (unpaired) electrons. The first-order valence-electron chi connectivity index (χ1n) is 9.86. The molecular weight excluding hydrogens is 360 g/mol. The first kappa shape index (κ1) is 20.3. The van der Waals surface area contributed by atoms with Crippen LogP contribution in [-0.4, -0.2) is 67.3 Å². The fourth-order valence-corrected chi connectivity index (χ4v) is 3.56. The molecule has 0 aliphatic carbocycles. The monoisotopic (exact) mass is 390 g/mol. The highest BCUT2D eigenvalue weighted by atomic mass is 16.6. The van der Waals surface area contributed by atoms with E-state index in [1.54, 1.807) is 30.1 Å². The smallest absolute Gasteiger partial charge is 0.410 e. The molecule has 1 saturated heterocycles. The number of hydrogen-bond acceptors (Lipinski definition) is 5. The lowest BCUT2D eigenvalue weighted by Crippen LogP contribution is -2.45. The minimum atomic E-state index is -0.516. The van der Waals surface area contributed by atoms with E-state index in [9.17, 15) is 9.59 Å². The maximum Gasteiger partial charge on any atom is 0.410 e. The maximum atomic E-state index is 13.0. The summed E-state index contributed by atoms with van der Waals surface area (Å²) in [5.41, 5.74) is 0.0865. The molecule has 1 unspecified atom stereocenters. The summed E-state index contributed by atoms with van der Waals surface area (Å²) in [6, 6.07) is 5.33. The van der Waals surface area contributed by atoms with E-state index in [1.807, 2.05) is 25.7 Å². The predicted molar refractivity (Wildman–Crippen MR) is 105 cm³/mol. The molecule has 0 N–H and O–H groups in total. The van der Waals surface area contributed by atoms with Crippen molar-refractivity contribution in [2.45, 2.75) is 39.2 Å². The zero-order valence-electron chi connectivity index (χ0n) is 17.2. The third-order valence-corrected chi connectivity index (χ3v) is 4.83. The number of amides is 2. The highest BCUT2D eigenvalue weighted by Crippen LogP contribution is 2.31. The van der Waals surface area contributed by atoms with Crippen molar-refractivity contribution in [3.8, 4) is 11.5 Å². The number of fused-ring (bicyclic) bond motifs is 1. The highest BCUT2D eigenvalue weighted by molar-refractivity contribution is 5.95. The van der Waals surface area contributed by atoms with Crippen molar-refractivity contribution >= 4 is 12.0 Å². The molecule has 2 heterocycles. The standard InChI is InChI=1S/C21H30N2O5/c1-21(2,3)28-20(25)22(4)13-15-6-5-9-23(14-15)19(24)16-7-8-17-18(12-16)27-11-10-26-17/h7-8,12,15H,5-6,9-11,13-14H2,1-4H3. The third-order valence-electron chi connectivity index (χ3n) is 4.83. The molecule has 0 saturated carbocycles. The Kier molecular flexibility index (Phi) is 6.01. The molecule has 0 bridgehead atoms. The van der Waals surface area contributed by atoms with E-state index >= 15 is 0 Å². The average Bonchev–Trinajstić information content (AvgIpc) is 2.66. The lowest BCUT2D eigenvalue weighted by molar-refractivity contribution is 0.0244. The summed E-state index contributed by atoms with van der Waals surface area (Å²) >= 11 is 0. The van der Waals surface area contributed by atoms with Gasteiger partial charge in [-0.15, -0.1) is 0 Å². The van der Waals surface area contributed by atoms with Crippen LogP contribution in [0, 0.1) is 5.92 Å². The lowest BCUT2D eigenvalue weighted by atomic mass is 9.97. The van der Waals surface area contributed by atoms with Crippen molar-refractivity contribution in [1.29, 1.82) is 0 Å². The van der Waals surface area contributed by atoms with E-state index in [2.05, 4.69) is 0 Å². The van der Waals surface area contributed by atoms with E-state index in [-0.39, 0.29) is 17.9 Å². The Hall–Kier alpha value is -2.44. The van der Waals surface area contributed by atoms with Crippen LogP contribution < -0.4 is 9.47 Å². The van der Waals surface area contributed by atoms with E-state index in [4.69, 9.17) is 14.2 Å². The Morgan fingerprint density at radius 2 is 1.93 bits per heavy atom. The van der Waals surface area contributed by atoms with Crippen molar-refractivity contribution in [2.75, 3.05) is 39.9 Å². The Labute approximate surface area is 166 Å². The molecule has 7 heteroatoms. The first-order chi connectivity index (χ1) is 13.2. The van der Waals surface area contributed by atoms with Gasteiger partial charge in [-0.3, -0.25) is 4.79 Å². The van der Waals surface area contributed by atoms with E-state index in [0.29, 0.717) is 43.4 Å². The summed E-state index contributed by atoms with van der Waals surface area (Å²) in [5.74, 6) is 1.52. The fourth-order valence-electron chi connectivity index (χ4n) is 3.56. The van der Waals surface area contributed by atoms with Crippen LogP contribution in [0.1, 0.15) is 44.0 Å². The van der Waals surface area contributed by atoms with Crippen LogP contribution in [0.5, 0.6) is 11.5 Å². The molecule has 1 aromatic carbocycles. The number of ether oxygens (including phenoxy) is 3. The number of nitrogens with zero attached hydrogens (tertiary/aromatic N) is 2. The summed E-state index contributed by atoms with van der Waals surface area (Å²) < 4.78 is 16.5. The van der Waals surface area contributed by atoms with E-state index < -0.39 is 5.60 Å². The van der Waals surface area contributed by atoms with Crippen molar-refractivity contribution in [2.24, 2.45) is 5.92 Å². The second-order valence-electron chi connectivity index (χ2n) is 8.48. The second kappa shape index (κ2) is 8.29. The summed E-state index contributed by atoms with van der Waals surface area (Å²) in [7, 11) is 1.75. The molecule has 7 nitrogen and oxygen atoms in total. The quantitative estimate of drug-likeness (QED) is 0.793. The van der Waals surface area contributed by atoms with Gasteiger partial charge in [0, 0.05) is 32.2 Å². The number of piperidine rings is 1. The highest BCUT2D eigenvalue weighted by Gasteiger charge is 2.28. The fraction of sp³-hybridized carbons (Fsp3) is 0.619. The van der Waals surface area contributed by atoms with Gasteiger partial charge in [0.2, 0.25) is 0 Å². The molecule has 2 amide bonds. The van der Waals surface area contributed by atoms with Crippen molar-refractivity contribution in [3.63, 3.8) is 0 Å². The minimum Gasteiger partial charge on any atom is -0.486 e. The summed E-state index contributed by atoms with van der Waals surface area (Å²) in [5, 5.41) is 0. The molecule has 28 heavy (non-hydrogen) atoms. The number of hydrogen-bond donors (Lipinski definition) is 0. The number of carbonyl (C=O) groups excluding carboxylic acids is 2. The Balaban J connectivity index is 1.60. The molecule has 0 aromatic heterocycles. The van der Waals surface area contributed by atoms with Crippen molar-refractivity contribution in [3.05, 3.63) is 23.8 Å². The van der Waals surface area contributed by atoms with Crippen molar-refractivity contribution in [1.82, 2.24) is 9.80 Å². The van der Waals surface area contributed by atoms with Gasteiger partial charge in [0.15, 0.2) is 11.5 Å². The van der Waals surface area contributed by atoms with Crippen LogP contribution in [-0.2, 0) is 4.74 Å². The number of likely N-dealkylation sites (tertiary alicyclic amines) is 1. The van der Waals surface area contributed by atoms with Gasteiger partial charge in [-0.25, -0.2) is 4.79 Å². The van der Waals surface area contributed by atoms with Crippen molar-refractivity contribution < 1.29 is 23.8 Å². The molecule has 2 aliphatic rings. The molecule has 0 spiro atoms. The molecule has 3 rings (SSSR count). The van der Waals surface area contributed by atoms with E-state index in [1.165, 1.54) is 0 Å². The van der Waals surface area contributed by atoms with Gasteiger partial charge in [-0.2, -0.15) is 0 Å². The molecular formula is C21H30N2O5. The maximum absolute atomic E-state index is 13.0. The Morgan fingerprint density at radius 1 is 1.21 bits per heavy atom.